The predicted octanol–water partition coefficient (Wildman–Crippen LogP) is 0.722. The van der Waals surface area contributed by atoms with Crippen LogP contribution in [0.25, 0.3) is 0 Å². The van der Waals surface area contributed by atoms with Gasteiger partial charge in [0.05, 0.1) is 24.9 Å². The Morgan fingerprint density at radius 3 is 2.56 bits per heavy atom. The second-order valence-electron chi connectivity index (χ2n) is 6.06. The van der Waals surface area contributed by atoms with Crippen molar-refractivity contribution in [2.24, 2.45) is 5.90 Å². The SMILES string of the molecule is CC(C)(C)[SiH2]OC(C)(C)c1cnn(CCON)n1. The van der Waals surface area contributed by atoms with Gasteiger partial charge < -0.3 is 9.26 Å². The molecule has 7 heteroatoms. The summed E-state index contributed by atoms with van der Waals surface area (Å²) in [5.41, 5.74) is 0.456. The molecule has 0 unspecified atom stereocenters. The molecular formula is C11H24N4O2Si. The Hall–Kier alpha value is -0.763. The summed E-state index contributed by atoms with van der Waals surface area (Å²) in [4.78, 5) is 6.08. The number of nitrogens with zero attached hydrogens (tertiary/aromatic N) is 3. The molecule has 0 amide bonds. The van der Waals surface area contributed by atoms with Crippen LogP contribution in [0.2, 0.25) is 5.04 Å². The Morgan fingerprint density at radius 1 is 1.33 bits per heavy atom. The minimum Gasteiger partial charge on any atom is -0.413 e. The molecule has 2 N–H and O–H groups in total. The number of hydrogen-bond donors (Lipinski definition) is 1. The van der Waals surface area contributed by atoms with Gasteiger partial charge in [0.25, 0.3) is 0 Å². The summed E-state index contributed by atoms with van der Waals surface area (Å²) in [5.74, 6) is 4.98. The molecule has 0 saturated carbocycles. The van der Waals surface area contributed by atoms with Crippen molar-refractivity contribution in [2.75, 3.05) is 6.61 Å². The first-order valence-electron chi connectivity index (χ1n) is 6.11. The van der Waals surface area contributed by atoms with Crippen molar-refractivity contribution in [3.63, 3.8) is 0 Å². The molecule has 1 aromatic rings. The first-order chi connectivity index (χ1) is 8.24. The molecule has 0 aliphatic carbocycles. The van der Waals surface area contributed by atoms with Crippen LogP contribution in [-0.4, -0.2) is 31.4 Å². The van der Waals surface area contributed by atoms with Gasteiger partial charge in [0.2, 0.25) is 0 Å². The molecule has 0 atom stereocenters. The van der Waals surface area contributed by atoms with Crippen LogP contribution < -0.4 is 5.90 Å². The number of nitrogens with two attached hydrogens (primary N) is 1. The molecular weight excluding hydrogens is 248 g/mol. The second-order valence-corrected chi connectivity index (χ2v) is 8.75. The van der Waals surface area contributed by atoms with E-state index in [1.54, 1.807) is 11.0 Å². The molecule has 0 spiro atoms. The minimum absolute atomic E-state index is 0.265. The van der Waals surface area contributed by atoms with Crippen LogP contribution >= 0.6 is 0 Å². The van der Waals surface area contributed by atoms with E-state index in [2.05, 4.69) is 35.8 Å². The summed E-state index contributed by atoms with van der Waals surface area (Å²) in [5, 5.41) is 8.82. The van der Waals surface area contributed by atoms with Crippen LogP contribution in [-0.2, 0) is 21.4 Å². The highest BCUT2D eigenvalue weighted by molar-refractivity contribution is 6.31. The van der Waals surface area contributed by atoms with E-state index in [1.165, 1.54) is 0 Å². The molecule has 0 aromatic carbocycles. The molecule has 1 aromatic heterocycles. The zero-order chi connectivity index (χ0) is 13.8. The van der Waals surface area contributed by atoms with Gasteiger partial charge >= 0.3 is 0 Å². The minimum atomic E-state index is -0.627. The Bertz CT molecular complexity index is 373. The molecule has 0 aliphatic heterocycles. The lowest BCUT2D eigenvalue weighted by Gasteiger charge is -2.28. The van der Waals surface area contributed by atoms with Gasteiger partial charge in [-0.1, -0.05) is 20.8 Å². The van der Waals surface area contributed by atoms with Gasteiger partial charge in [-0.2, -0.15) is 15.0 Å². The maximum absolute atomic E-state index is 6.06. The normalized spacial score (nSPS) is 13.7. The van der Waals surface area contributed by atoms with E-state index in [-0.39, 0.29) is 10.6 Å². The van der Waals surface area contributed by atoms with E-state index in [0.29, 0.717) is 13.2 Å². The quantitative estimate of drug-likeness (QED) is 0.610. The van der Waals surface area contributed by atoms with Gasteiger partial charge in [-0.25, -0.2) is 5.90 Å². The van der Waals surface area contributed by atoms with E-state index in [1.807, 2.05) is 13.8 Å². The van der Waals surface area contributed by atoms with Crippen LogP contribution in [0.3, 0.4) is 0 Å². The molecule has 0 aliphatic rings. The standard InChI is InChI=1S/C11H24N4O2Si/c1-10(2,3)18-17-11(4,5)9-8-13-15(14-9)6-7-16-12/h8H,6-7,12,18H2,1-5H3. The highest BCUT2D eigenvalue weighted by atomic mass is 28.2. The van der Waals surface area contributed by atoms with Crippen LogP contribution in [0.1, 0.15) is 40.3 Å². The Kier molecular flexibility index (Phi) is 5.03. The summed E-state index contributed by atoms with van der Waals surface area (Å²) in [6, 6.07) is 0. The maximum atomic E-state index is 6.06. The van der Waals surface area contributed by atoms with E-state index >= 15 is 0 Å². The summed E-state index contributed by atoms with van der Waals surface area (Å²) in [6.45, 7) is 11.6. The van der Waals surface area contributed by atoms with E-state index < -0.39 is 9.76 Å². The molecule has 18 heavy (non-hydrogen) atoms. The summed E-state index contributed by atoms with van der Waals surface area (Å²) in [7, 11) is -0.627. The van der Waals surface area contributed by atoms with Crippen LogP contribution in [0, 0.1) is 0 Å². The highest BCUT2D eigenvalue weighted by Gasteiger charge is 2.27. The van der Waals surface area contributed by atoms with Crippen molar-refractivity contribution in [2.45, 2.75) is 51.8 Å². The van der Waals surface area contributed by atoms with Crippen molar-refractivity contribution in [1.82, 2.24) is 15.0 Å². The second kappa shape index (κ2) is 5.92. The van der Waals surface area contributed by atoms with E-state index in [0.717, 1.165) is 5.69 Å². The Labute approximate surface area is 111 Å². The predicted molar refractivity (Wildman–Crippen MR) is 72.5 cm³/mol. The first-order valence-corrected chi connectivity index (χ1v) is 7.39. The van der Waals surface area contributed by atoms with Crippen molar-refractivity contribution < 1.29 is 9.26 Å². The van der Waals surface area contributed by atoms with Crippen LogP contribution in [0.5, 0.6) is 0 Å². The smallest absolute Gasteiger partial charge is 0.168 e. The molecule has 1 rings (SSSR count). The molecule has 0 fully saturated rings. The fourth-order valence-corrected chi connectivity index (χ4v) is 2.23. The third kappa shape index (κ3) is 4.85. The van der Waals surface area contributed by atoms with Gasteiger partial charge in [0.1, 0.15) is 5.69 Å². The summed E-state index contributed by atoms with van der Waals surface area (Å²) < 4.78 is 6.06. The molecule has 104 valence electrons. The topological polar surface area (TPSA) is 75.2 Å². The van der Waals surface area contributed by atoms with Crippen molar-refractivity contribution >= 4 is 9.76 Å². The molecule has 0 bridgehead atoms. The van der Waals surface area contributed by atoms with Gasteiger partial charge in [-0.15, -0.1) is 0 Å². The third-order valence-electron chi connectivity index (χ3n) is 2.43. The van der Waals surface area contributed by atoms with E-state index in [4.69, 9.17) is 10.3 Å². The maximum Gasteiger partial charge on any atom is 0.168 e. The first kappa shape index (κ1) is 15.3. The average molecular weight is 272 g/mol. The highest BCUT2D eigenvalue weighted by Crippen LogP contribution is 2.27. The summed E-state index contributed by atoms with van der Waals surface area (Å²) >= 11 is 0. The zero-order valence-corrected chi connectivity index (χ0v) is 13.3. The van der Waals surface area contributed by atoms with Gasteiger partial charge in [0, 0.05) is 0 Å². The number of hydrogen-bond acceptors (Lipinski definition) is 5. The van der Waals surface area contributed by atoms with E-state index in [9.17, 15) is 0 Å². The average Bonchev–Trinajstić information content (AvgIpc) is 2.72. The fraction of sp³-hybridized carbons (Fsp3) is 0.818. The van der Waals surface area contributed by atoms with Crippen molar-refractivity contribution in [3.8, 4) is 0 Å². The van der Waals surface area contributed by atoms with Gasteiger partial charge in [-0.3, -0.25) is 0 Å². The molecule has 1 heterocycles. The van der Waals surface area contributed by atoms with Crippen LogP contribution in [0.4, 0.5) is 0 Å². The van der Waals surface area contributed by atoms with Crippen LogP contribution in [0.15, 0.2) is 6.20 Å². The molecule has 0 radical (unpaired) electrons. The number of rotatable bonds is 6. The van der Waals surface area contributed by atoms with Gasteiger partial charge in [0.15, 0.2) is 9.76 Å². The summed E-state index contributed by atoms with van der Waals surface area (Å²) in [6.07, 6.45) is 1.74. The Morgan fingerprint density at radius 2 is 2.00 bits per heavy atom. The monoisotopic (exact) mass is 272 g/mol. The lowest BCUT2D eigenvalue weighted by Crippen LogP contribution is -2.28. The van der Waals surface area contributed by atoms with Gasteiger partial charge in [-0.05, 0) is 18.9 Å². The lowest BCUT2D eigenvalue weighted by molar-refractivity contribution is 0.101. The number of aromatic nitrogens is 3. The molecule has 0 saturated heterocycles. The fourth-order valence-electron chi connectivity index (χ4n) is 1.29. The largest absolute Gasteiger partial charge is 0.413 e. The zero-order valence-electron chi connectivity index (χ0n) is 11.9. The van der Waals surface area contributed by atoms with Crippen molar-refractivity contribution in [3.05, 3.63) is 11.9 Å². The van der Waals surface area contributed by atoms with Crippen molar-refractivity contribution in [1.29, 1.82) is 0 Å². The lowest BCUT2D eigenvalue weighted by atomic mass is 10.1. The Balaban J connectivity index is 2.63. The third-order valence-corrected chi connectivity index (χ3v) is 4.16. The molecule has 6 nitrogen and oxygen atoms in total.